The molecular weight excluding hydrogens is 336 g/mol. The van der Waals surface area contributed by atoms with Crippen LogP contribution in [-0.2, 0) is 16.1 Å². The fourth-order valence-corrected chi connectivity index (χ4v) is 2.23. The molecule has 0 saturated carbocycles. The maximum atomic E-state index is 12.1. The normalized spacial score (nSPS) is 11.9. The Morgan fingerprint density at radius 2 is 1.81 bits per heavy atom. The Kier molecular flexibility index (Phi) is 6.38. The molecule has 0 aliphatic carbocycles. The standard InChI is InChI=1S/C19H24N2O5/c1-11(2)20-18(22)14(5)25-19(23)15-6-8-16(9-7-15)24-10-17-12(3)21-26-13(17)4/h6-9,11,14H,10H2,1-5H3,(H,20,22). The fraction of sp³-hybridized carbons (Fsp3) is 0.421. The van der Waals surface area contributed by atoms with Crippen molar-refractivity contribution < 1.29 is 23.6 Å². The molecular formula is C19H24N2O5. The van der Waals surface area contributed by atoms with Gasteiger partial charge in [0, 0.05) is 6.04 Å². The van der Waals surface area contributed by atoms with Crippen LogP contribution in [0.3, 0.4) is 0 Å². The number of aryl methyl sites for hydroxylation is 2. The van der Waals surface area contributed by atoms with Gasteiger partial charge in [-0.3, -0.25) is 4.79 Å². The molecule has 1 atom stereocenters. The van der Waals surface area contributed by atoms with Gasteiger partial charge >= 0.3 is 5.97 Å². The smallest absolute Gasteiger partial charge is 0.338 e. The topological polar surface area (TPSA) is 90.7 Å². The molecule has 1 aromatic heterocycles. The first-order valence-electron chi connectivity index (χ1n) is 8.44. The number of hydrogen-bond acceptors (Lipinski definition) is 6. The molecule has 7 heteroatoms. The first-order valence-corrected chi connectivity index (χ1v) is 8.44. The third-order valence-corrected chi connectivity index (χ3v) is 3.74. The Labute approximate surface area is 152 Å². The molecule has 26 heavy (non-hydrogen) atoms. The van der Waals surface area contributed by atoms with E-state index in [9.17, 15) is 9.59 Å². The first-order chi connectivity index (χ1) is 12.3. The van der Waals surface area contributed by atoms with Crippen LogP contribution >= 0.6 is 0 Å². The molecule has 0 spiro atoms. The van der Waals surface area contributed by atoms with Gasteiger partial charge < -0.3 is 19.3 Å². The second-order valence-electron chi connectivity index (χ2n) is 6.33. The lowest BCUT2D eigenvalue weighted by Crippen LogP contribution is -2.39. The van der Waals surface area contributed by atoms with E-state index < -0.39 is 12.1 Å². The number of nitrogens with zero attached hydrogens (tertiary/aromatic N) is 1. The lowest BCUT2D eigenvalue weighted by atomic mass is 10.2. The van der Waals surface area contributed by atoms with Crippen LogP contribution in [0.25, 0.3) is 0 Å². The van der Waals surface area contributed by atoms with Gasteiger partial charge in [-0.15, -0.1) is 0 Å². The highest BCUT2D eigenvalue weighted by molar-refractivity contribution is 5.92. The van der Waals surface area contributed by atoms with Crippen molar-refractivity contribution in [2.45, 2.75) is 53.4 Å². The summed E-state index contributed by atoms with van der Waals surface area (Å²) in [6, 6.07) is 6.52. The molecule has 2 rings (SSSR count). The maximum Gasteiger partial charge on any atom is 0.338 e. The number of ether oxygens (including phenoxy) is 2. The zero-order valence-electron chi connectivity index (χ0n) is 15.7. The lowest BCUT2D eigenvalue weighted by Gasteiger charge is -2.15. The highest BCUT2D eigenvalue weighted by Gasteiger charge is 2.19. The molecule has 7 nitrogen and oxygen atoms in total. The second-order valence-corrected chi connectivity index (χ2v) is 6.33. The Balaban J connectivity index is 1.92. The predicted molar refractivity (Wildman–Crippen MR) is 94.9 cm³/mol. The van der Waals surface area contributed by atoms with E-state index >= 15 is 0 Å². The molecule has 0 aliphatic rings. The number of nitrogens with one attached hydrogen (secondary N) is 1. The van der Waals surface area contributed by atoms with Crippen LogP contribution in [0.4, 0.5) is 0 Å². The number of rotatable bonds is 7. The Bertz CT molecular complexity index is 745. The van der Waals surface area contributed by atoms with Crippen LogP contribution in [-0.4, -0.2) is 29.2 Å². The summed E-state index contributed by atoms with van der Waals surface area (Å²) in [7, 11) is 0. The van der Waals surface area contributed by atoms with Gasteiger partial charge in [-0.05, 0) is 58.9 Å². The van der Waals surface area contributed by atoms with Gasteiger partial charge in [-0.1, -0.05) is 5.16 Å². The summed E-state index contributed by atoms with van der Waals surface area (Å²) in [5, 5.41) is 6.58. The Morgan fingerprint density at radius 1 is 1.15 bits per heavy atom. The van der Waals surface area contributed by atoms with Crippen LogP contribution < -0.4 is 10.1 Å². The van der Waals surface area contributed by atoms with E-state index in [2.05, 4.69) is 10.5 Å². The van der Waals surface area contributed by atoms with Crippen molar-refractivity contribution in [2.75, 3.05) is 0 Å². The van der Waals surface area contributed by atoms with Crippen molar-refractivity contribution in [3.05, 3.63) is 46.8 Å². The molecule has 1 unspecified atom stereocenters. The van der Waals surface area contributed by atoms with Crippen molar-refractivity contribution in [3.8, 4) is 5.75 Å². The maximum absolute atomic E-state index is 12.1. The number of benzene rings is 1. The molecule has 1 N–H and O–H groups in total. The van der Waals surface area contributed by atoms with Gasteiger partial charge in [0.1, 0.15) is 18.1 Å². The zero-order valence-corrected chi connectivity index (χ0v) is 15.7. The second kappa shape index (κ2) is 8.51. The molecule has 2 aromatic rings. The minimum atomic E-state index is -0.861. The number of amides is 1. The molecule has 0 saturated heterocycles. The van der Waals surface area contributed by atoms with Crippen molar-refractivity contribution in [1.82, 2.24) is 10.5 Å². The van der Waals surface area contributed by atoms with Gasteiger partial charge in [0.15, 0.2) is 6.10 Å². The summed E-state index contributed by atoms with van der Waals surface area (Å²) < 4.78 is 16.0. The Morgan fingerprint density at radius 3 is 2.35 bits per heavy atom. The first kappa shape index (κ1) is 19.5. The van der Waals surface area contributed by atoms with Gasteiger partial charge in [0.25, 0.3) is 5.91 Å². The minimum absolute atomic E-state index is 0.0159. The zero-order chi connectivity index (χ0) is 19.3. The number of carbonyl (C=O) groups excluding carboxylic acids is 2. The van der Waals surface area contributed by atoms with E-state index in [1.54, 1.807) is 24.3 Å². The molecule has 0 fully saturated rings. The molecule has 0 aliphatic heterocycles. The van der Waals surface area contributed by atoms with E-state index in [0.29, 0.717) is 17.9 Å². The largest absolute Gasteiger partial charge is 0.489 e. The van der Waals surface area contributed by atoms with Gasteiger partial charge in [0.05, 0.1) is 16.8 Å². The highest BCUT2D eigenvalue weighted by atomic mass is 16.5. The number of esters is 1. The number of hydrogen-bond donors (Lipinski definition) is 1. The SMILES string of the molecule is Cc1noc(C)c1COc1ccc(C(=O)OC(C)C(=O)NC(C)C)cc1. The third-order valence-electron chi connectivity index (χ3n) is 3.74. The summed E-state index contributed by atoms with van der Waals surface area (Å²) in [5.74, 6) is 0.435. The van der Waals surface area contributed by atoms with Crippen LogP contribution in [0.15, 0.2) is 28.8 Å². The Hall–Kier alpha value is -2.83. The van der Waals surface area contributed by atoms with Crippen LogP contribution in [0, 0.1) is 13.8 Å². The molecule has 140 valence electrons. The lowest BCUT2D eigenvalue weighted by molar-refractivity contribution is -0.129. The highest BCUT2D eigenvalue weighted by Crippen LogP contribution is 2.18. The fourth-order valence-electron chi connectivity index (χ4n) is 2.23. The molecule has 1 aromatic carbocycles. The van der Waals surface area contributed by atoms with E-state index in [-0.39, 0.29) is 11.9 Å². The summed E-state index contributed by atoms with van der Waals surface area (Å²) >= 11 is 0. The van der Waals surface area contributed by atoms with Crippen molar-refractivity contribution in [3.63, 3.8) is 0 Å². The molecule has 1 amide bonds. The van der Waals surface area contributed by atoms with E-state index in [0.717, 1.165) is 17.0 Å². The molecule has 0 bridgehead atoms. The van der Waals surface area contributed by atoms with Crippen molar-refractivity contribution in [2.24, 2.45) is 0 Å². The van der Waals surface area contributed by atoms with Crippen LogP contribution in [0.2, 0.25) is 0 Å². The van der Waals surface area contributed by atoms with Crippen LogP contribution in [0.5, 0.6) is 5.75 Å². The van der Waals surface area contributed by atoms with Gasteiger partial charge in [-0.2, -0.15) is 0 Å². The summed E-state index contributed by atoms with van der Waals surface area (Å²) in [6.45, 7) is 9.23. The van der Waals surface area contributed by atoms with Gasteiger partial charge in [0.2, 0.25) is 0 Å². The van der Waals surface area contributed by atoms with Crippen molar-refractivity contribution in [1.29, 1.82) is 0 Å². The predicted octanol–water partition coefficient (Wildman–Crippen LogP) is 2.94. The minimum Gasteiger partial charge on any atom is -0.489 e. The van der Waals surface area contributed by atoms with Crippen LogP contribution in [0.1, 0.15) is 48.1 Å². The molecule has 1 heterocycles. The summed E-state index contributed by atoms with van der Waals surface area (Å²) in [5.41, 5.74) is 2.04. The van der Waals surface area contributed by atoms with E-state index in [4.69, 9.17) is 14.0 Å². The number of carbonyl (C=O) groups is 2. The summed E-state index contributed by atoms with van der Waals surface area (Å²) in [4.78, 5) is 23.9. The average Bonchev–Trinajstić information content (AvgIpc) is 2.91. The van der Waals surface area contributed by atoms with E-state index in [1.165, 1.54) is 6.92 Å². The number of aromatic nitrogens is 1. The molecule has 0 radical (unpaired) electrons. The summed E-state index contributed by atoms with van der Waals surface area (Å²) in [6.07, 6.45) is -0.861. The van der Waals surface area contributed by atoms with E-state index in [1.807, 2.05) is 27.7 Å². The monoisotopic (exact) mass is 360 g/mol. The third kappa shape index (κ3) is 5.08. The van der Waals surface area contributed by atoms with Gasteiger partial charge in [-0.25, -0.2) is 4.79 Å². The average molecular weight is 360 g/mol. The quantitative estimate of drug-likeness (QED) is 0.764. The van der Waals surface area contributed by atoms with Crippen molar-refractivity contribution >= 4 is 11.9 Å².